The van der Waals surface area contributed by atoms with E-state index in [1.807, 2.05) is 0 Å². The first-order valence-corrected chi connectivity index (χ1v) is 19.8. The van der Waals surface area contributed by atoms with E-state index in [4.69, 9.17) is 9.84 Å². The maximum atomic E-state index is 12.6. The molecule has 264 valence electrons. The van der Waals surface area contributed by atoms with Gasteiger partial charge in [-0.25, -0.2) is 0 Å². The van der Waals surface area contributed by atoms with Crippen molar-refractivity contribution in [3.05, 3.63) is 24.3 Å². The van der Waals surface area contributed by atoms with Crippen molar-refractivity contribution < 1.29 is 19.4 Å². The number of hydrogen-bond acceptors (Lipinski definition) is 3. The average Bonchev–Trinajstić information content (AvgIpc) is 3.02. The molecule has 0 aromatic heterocycles. The Labute approximate surface area is 280 Å². The summed E-state index contributed by atoms with van der Waals surface area (Å²) in [5.41, 5.74) is 0. The molecule has 0 aromatic rings. The molecule has 0 aromatic carbocycles. The van der Waals surface area contributed by atoms with Crippen LogP contribution in [0.3, 0.4) is 0 Å². The lowest BCUT2D eigenvalue weighted by Crippen LogP contribution is -2.18. The van der Waals surface area contributed by atoms with Gasteiger partial charge in [0.05, 0.1) is 0 Å². The van der Waals surface area contributed by atoms with E-state index in [1.54, 1.807) is 0 Å². The fraction of sp³-hybridized carbons (Fsp3) is 0.854. The van der Waals surface area contributed by atoms with Crippen molar-refractivity contribution in [1.82, 2.24) is 0 Å². The van der Waals surface area contributed by atoms with E-state index in [0.717, 1.165) is 70.6 Å². The molecule has 0 spiro atoms. The van der Waals surface area contributed by atoms with Crippen molar-refractivity contribution in [3.63, 3.8) is 0 Å². The van der Waals surface area contributed by atoms with Crippen LogP contribution in [0.4, 0.5) is 0 Å². The highest BCUT2D eigenvalue weighted by atomic mass is 16.5. The number of carbonyl (C=O) groups is 2. The van der Waals surface area contributed by atoms with Crippen molar-refractivity contribution >= 4 is 11.9 Å². The summed E-state index contributed by atoms with van der Waals surface area (Å²) in [6, 6.07) is 0. The van der Waals surface area contributed by atoms with E-state index in [9.17, 15) is 9.59 Å². The Morgan fingerprint density at radius 3 is 1.36 bits per heavy atom. The number of rotatable bonds is 36. The molecule has 0 saturated carbocycles. The molecule has 1 unspecified atom stereocenters. The Kier molecular flexibility index (Phi) is 35.6. The quantitative estimate of drug-likeness (QED) is 0.0424. The molecule has 0 amide bonds. The number of carboxylic acids is 1. The maximum Gasteiger partial charge on any atom is 0.306 e. The van der Waals surface area contributed by atoms with Gasteiger partial charge in [-0.2, -0.15) is 0 Å². The van der Waals surface area contributed by atoms with Crippen molar-refractivity contribution in [1.29, 1.82) is 0 Å². The van der Waals surface area contributed by atoms with Crippen LogP contribution in [0.15, 0.2) is 24.3 Å². The summed E-state index contributed by atoms with van der Waals surface area (Å²) < 4.78 is 5.99. The van der Waals surface area contributed by atoms with Gasteiger partial charge in [0.25, 0.3) is 0 Å². The molecular weight excluding hydrogens is 556 g/mol. The lowest BCUT2D eigenvalue weighted by atomic mass is 10.0. The lowest BCUT2D eigenvalue weighted by molar-refractivity contribution is -0.150. The van der Waals surface area contributed by atoms with Gasteiger partial charge in [0.2, 0.25) is 0 Å². The van der Waals surface area contributed by atoms with Crippen molar-refractivity contribution in [2.75, 3.05) is 0 Å². The van der Waals surface area contributed by atoms with Crippen molar-refractivity contribution in [2.24, 2.45) is 0 Å². The van der Waals surface area contributed by atoms with Gasteiger partial charge in [-0.1, -0.05) is 160 Å². The van der Waals surface area contributed by atoms with Crippen molar-refractivity contribution in [2.45, 2.75) is 225 Å². The normalized spacial score (nSPS) is 12.4. The summed E-state index contributed by atoms with van der Waals surface area (Å²) in [6.07, 6.45) is 46.2. The predicted molar refractivity (Wildman–Crippen MR) is 195 cm³/mol. The first kappa shape index (κ1) is 43.4. The van der Waals surface area contributed by atoms with Gasteiger partial charge in [-0.15, -0.1) is 0 Å². The van der Waals surface area contributed by atoms with Crippen LogP contribution in [0.25, 0.3) is 0 Å². The third-order valence-corrected chi connectivity index (χ3v) is 8.93. The smallest absolute Gasteiger partial charge is 0.306 e. The zero-order chi connectivity index (χ0) is 32.9. The monoisotopic (exact) mass is 633 g/mol. The zero-order valence-electron chi connectivity index (χ0n) is 30.2. The first-order chi connectivity index (χ1) is 22.1. The van der Waals surface area contributed by atoms with Crippen LogP contribution in [-0.4, -0.2) is 23.1 Å². The minimum absolute atomic E-state index is 0.00358. The minimum Gasteiger partial charge on any atom is -0.481 e. The Balaban J connectivity index is 3.99. The highest BCUT2D eigenvalue weighted by Gasteiger charge is 2.14. The molecule has 0 saturated heterocycles. The highest BCUT2D eigenvalue weighted by molar-refractivity contribution is 5.69. The molecule has 1 N–H and O–H groups in total. The van der Waals surface area contributed by atoms with E-state index in [1.165, 1.54) is 122 Å². The molecule has 0 aliphatic rings. The molecule has 4 heteroatoms. The summed E-state index contributed by atoms with van der Waals surface area (Å²) in [6.45, 7) is 4.52. The second-order valence-corrected chi connectivity index (χ2v) is 13.5. The summed E-state index contributed by atoms with van der Waals surface area (Å²) in [5.74, 6) is -0.704. The van der Waals surface area contributed by atoms with Crippen LogP contribution in [0, 0.1) is 0 Å². The van der Waals surface area contributed by atoms with Crippen LogP contribution in [0.5, 0.6) is 0 Å². The van der Waals surface area contributed by atoms with Gasteiger partial charge in [0.15, 0.2) is 0 Å². The molecule has 0 heterocycles. The molecule has 0 fully saturated rings. The number of carbonyl (C=O) groups excluding carboxylic acids is 1. The molecule has 1 atom stereocenters. The Hall–Kier alpha value is -1.58. The molecular formula is C41H76O4. The number of hydrogen-bond donors (Lipinski definition) is 1. The maximum absolute atomic E-state index is 12.6. The van der Waals surface area contributed by atoms with E-state index >= 15 is 0 Å². The average molecular weight is 633 g/mol. The summed E-state index contributed by atoms with van der Waals surface area (Å²) in [7, 11) is 0. The number of carboxylic acid groups (broad SMARTS) is 1. The molecule has 0 aliphatic heterocycles. The van der Waals surface area contributed by atoms with Gasteiger partial charge >= 0.3 is 11.9 Å². The second kappa shape index (κ2) is 36.9. The molecule has 45 heavy (non-hydrogen) atoms. The first-order valence-electron chi connectivity index (χ1n) is 19.8. The van der Waals surface area contributed by atoms with Gasteiger partial charge in [0.1, 0.15) is 6.10 Å². The number of esters is 1. The van der Waals surface area contributed by atoms with Crippen LogP contribution in [-0.2, 0) is 14.3 Å². The fourth-order valence-corrected chi connectivity index (χ4v) is 5.98. The van der Waals surface area contributed by atoms with Crippen LogP contribution in [0.1, 0.15) is 219 Å². The zero-order valence-corrected chi connectivity index (χ0v) is 30.2. The van der Waals surface area contributed by atoms with Crippen LogP contribution < -0.4 is 0 Å². The van der Waals surface area contributed by atoms with Gasteiger partial charge in [-0.05, 0) is 70.6 Å². The topological polar surface area (TPSA) is 63.6 Å². The summed E-state index contributed by atoms with van der Waals surface area (Å²) >= 11 is 0. The molecule has 0 radical (unpaired) electrons. The minimum atomic E-state index is -0.700. The fourth-order valence-electron chi connectivity index (χ4n) is 5.98. The third kappa shape index (κ3) is 36.8. The largest absolute Gasteiger partial charge is 0.481 e. The van der Waals surface area contributed by atoms with E-state index in [-0.39, 0.29) is 18.5 Å². The SMILES string of the molecule is CCCCC/C=C\C/C=C\CCCCCCCCCC(=O)OC(CCCCCCCCCCCC)CCCCCCCC(=O)O. The Morgan fingerprint density at radius 2 is 0.867 bits per heavy atom. The highest BCUT2D eigenvalue weighted by Crippen LogP contribution is 2.19. The Morgan fingerprint density at radius 1 is 0.489 bits per heavy atom. The summed E-state index contributed by atoms with van der Waals surface area (Å²) in [4.78, 5) is 23.3. The van der Waals surface area contributed by atoms with E-state index in [0.29, 0.717) is 6.42 Å². The Bertz CT molecular complexity index is 683. The van der Waals surface area contributed by atoms with Gasteiger partial charge in [0, 0.05) is 12.8 Å². The molecule has 4 nitrogen and oxygen atoms in total. The number of ether oxygens (including phenoxy) is 1. The van der Waals surface area contributed by atoms with E-state index in [2.05, 4.69) is 38.2 Å². The van der Waals surface area contributed by atoms with Crippen LogP contribution >= 0.6 is 0 Å². The summed E-state index contributed by atoms with van der Waals surface area (Å²) in [5, 5.41) is 8.81. The van der Waals surface area contributed by atoms with Gasteiger partial charge in [-0.3, -0.25) is 9.59 Å². The number of unbranched alkanes of at least 4 members (excludes halogenated alkanes) is 23. The van der Waals surface area contributed by atoms with Crippen LogP contribution in [0.2, 0.25) is 0 Å². The van der Waals surface area contributed by atoms with Gasteiger partial charge < -0.3 is 9.84 Å². The lowest BCUT2D eigenvalue weighted by Gasteiger charge is -2.18. The standard InChI is InChI=1S/C41H76O4/c1-3-5-7-9-11-13-15-16-17-18-19-20-21-23-25-30-34-38-41(44)45-39(36-32-28-26-29-33-37-40(42)43)35-31-27-24-22-14-12-10-8-6-4-2/h11,13,16-17,39H,3-10,12,14-15,18-38H2,1-2H3,(H,42,43)/b13-11-,17-16-. The number of aliphatic carboxylic acids is 1. The molecule has 0 rings (SSSR count). The number of allylic oxidation sites excluding steroid dienone is 4. The second-order valence-electron chi connectivity index (χ2n) is 13.5. The molecule has 0 aliphatic carbocycles. The predicted octanol–water partition coefficient (Wildman–Crippen LogP) is 13.6. The molecule has 0 bridgehead atoms. The van der Waals surface area contributed by atoms with Crippen molar-refractivity contribution in [3.8, 4) is 0 Å². The van der Waals surface area contributed by atoms with E-state index < -0.39 is 5.97 Å². The third-order valence-electron chi connectivity index (χ3n) is 8.93.